The van der Waals surface area contributed by atoms with Crippen molar-refractivity contribution in [3.8, 4) is 0 Å². The lowest BCUT2D eigenvalue weighted by atomic mass is 10.1. The standard InChI is InChI=1S/C14H18BrClN2O/c15-13-4-3-12(16)10-11(13)2-5-14(19)18-8-1-6-17-7-9-18/h3-4,10,17H,1-2,5-9H2. The SMILES string of the molecule is O=C(CCc1cc(Cl)ccc1Br)N1CCCNCC1. The van der Waals surface area contributed by atoms with Crippen LogP contribution in [0.1, 0.15) is 18.4 Å². The fourth-order valence-corrected chi connectivity index (χ4v) is 2.87. The Hall–Kier alpha value is -0.580. The fraction of sp³-hybridized carbons (Fsp3) is 0.500. The van der Waals surface area contributed by atoms with Gasteiger partial charge in [-0.05, 0) is 43.1 Å². The van der Waals surface area contributed by atoms with E-state index in [1.165, 1.54) is 0 Å². The van der Waals surface area contributed by atoms with Crippen LogP contribution >= 0.6 is 27.5 Å². The van der Waals surface area contributed by atoms with Gasteiger partial charge in [0, 0.05) is 35.6 Å². The molecule has 0 aromatic heterocycles. The molecule has 0 bridgehead atoms. The van der Waals surface area contributed by atoms with E-state index in [1.54, 1.807) is 0 Å². The van der Waals surface area contributed by atoms with E-state index in [-0.39, 0.29) is 5.91 Å². The number of hydrogen-bond acceptors (Lipinski definition) is 2. The minimum absolute atomic E-state index is 0.232. The van der Waals surface area contributed by atoms with Gasteiger partial charge in [0.05, 0.1) is 0 Å². The second kappa shape index (κ2) is 7.27. The van der Waals surface area contributed by atoms with Crippen molar-refractivity contribution in [3.05, 3.63) is 33.3 Å². The molecule has 0 unspecified atom stereocenters. The fourth-order valence-electron chi connectivity index (χ4n) is 2.23. The zero-order chi connectivity index (χ0) is 13.7. The topological polar surface area (TPSA) is 32.3 Å². The molecule has 0 atom stereocenters. The second-order valence-corrected chi connectivity index (χ2v) is 6.01. The number of halogens is 2. The first-order chi connectivity index (χ1) is 9.16. The monoisotopic (exact) mass is 344 g/mol. The predicted molar refractivity (Wildman–Crippen MR) is 81.5 cm³/mol. The van der Waals surface area contributed by atoms with Gasteiger partial charge in [-0.2, -0.15) is 0 Å². The average Bonchev–Trinajstić information content (AvgIpc) is 2.68. The van der Waals surface area contributed by atoms with Gasteiger partial charge in [0.15, 0.2) is 0 Å². The molecule has 0 spiro atoms. The number of carbonyl (C=O) groups excluding carboxylic acids is 1. The zero-order valence-corrected chi connectivity index (χ0v) is 13.1. The highest BCUT2D eigenvalue weighted by molar-refractivity contribution is 9.10. The number of rotatable bonds is 3. The summed E-state index contributed by atoms with van der Waals surface area (Å²) in [7, 11) is 0. The highest BCUT2D eigenvalue weighted by atomic mass is 79.9. The van der Waals surface area contributed by atoms with Gasteiger partial charge in [0.1, 0.15) is 0 Å². The van der Waals surface area contributed by atoms with Crippen molar-refractivity contribution in [1.29, 1.82) is 0 Å². The van der Waals surface area contributed by atoms with E-state index in [2.05, 4.69) is 21.2 Å². The molecule has 0 saturated carbocycles. The van der Waals surface area contributed by atoms with Crippen LogP contribution in [0, 0.1) is 0 Å². The first-order valence-electron chi connectivity index (χ1n) is 6.59. The van der Waals surface area contributed by atoms with Crippen LogP contribution in [0.15, 0.2) is 22.7 Å². The average molecular weight is 346 g/mol. The van der Waals surface area contributed by atoms with Crippen LogP contribution in [0.25, 0.3) is 0 Å². The van der Waals surface area contributed by atoms with Crippen LogP contribution < -0.4 is 5.32 Å². The molecule has 19 heavy (non-hydrogen) atoms. The number of nitrogens with zero attached hydrogens (tertiary/aromatic N) is 1. The first kappa shape index (κ1) is 14.8. The summed E-state index contributed by atoms with van der Waals surface area (Å²) < 4.78 is 1.02. The molecule has 0 radical (unpaired) electrons. The van der Waals surface area contributed by atoms with Crippen LogP contribution in [-0.4, -0.2) is 37.0 Å². The Morgan fingerprint density at radius 3 is 3.05 bits per heavy atom. The molecule has 1 aliphatic rings. The number of hydrogen-bond donors (Lipinski definition) is 1. The molecule has 1 N–H and O–H groups in total. The van der Waals surface area contributed by atoms with Gasteiger partial charge in [-0.3, -0.25) is 4.79 Å². The van der Waals surface area contributed by atoms with Crippen molar-refractivity contribution in [1.82, 2.24) is 10.2 Å². The van der Waals surface area contributed by atoms with Crippen molar-refractivity contribution in [2.75, 3.05) is 26.2 Å². The maximum atomic E-state index is 12.2. The van der Waals surface area contributed by atoms with Crippen LogP contribution in [0.5, 0.6) is 0 Å². The molecule has 1 aliphatic heterocycles. The number of aryl methyl sites for hydroxylation is 1. The Kier molecular flexibility index (Phi) is 5.67. The van der Waals surface area contributed by atoms with Crippen LogP contribution in [0.4, 0.5) is 0 Å². The Labute approximate surface area is 127 Å². The van der Waals surface area contributed by atoms with Crippen molar-refractivity contribution < 1.29 is 4.79 Å². The molecule has 1 aromatic rings. The Morgan fingerprint density at radius 1 is 1.37 bits per heavy atom. The number of nitrogens with one attached hydrogen (secondary N) is 1. The lowest BCUT2D eigenvalue weighted by Crippen LogP contribution is -2.34. The van der Waals surface area contributed by atoms with Gasteiger partial charge in [-0.15, -0.1) is 0 Å². The Balaban J connectivity index is 1.90. The van der Waals surface area contributed by atoms with E-state index in [0.29, 0.717) is 11.4 Å². The largest absolute Gasteiger partial charge is 0.341 e. The highest BCUT2D eigenvalue weighted by Gasteiger charge is 2.15. The van der Waals surface area contributed by atoms with E-state index >= 15 is 0 Å². The molecule has 3 nitrogen and oxygen atoms in total. The number of amides is 1. The molecular weight excluding hydrogens is 328 g/mol. The summed E-state index contributed by atoms with van der Waals surface area (Å²) in [6, 6.07) is 5.69. The normalized spacial score (nSPS) is 16.2. The molecule has 1 aromatic carbocycles. The minimum atomic E-state index is 0.232. The third kappa shape index (κ3) is 4.48. The van der Waals surface area contributed by atoms with Crippen molar-refractivity contribution in [2.45, 2.75) is 19.3 Å². The third-order valence-corrected chi connectivity index (χ3v) is 4.32. The zero-order valence-electron chi connectivity index (χ0n) is 10.8. The molecule has 2 rings (SSSR count). The van der Waals surface area contributed by atoms with E-state index in [1.807, 2.05) is 23.1 Å². The van der Waals surface area contributed by atoms with Crippen molar-refractivity contribution in [2.24, 2.45) is 0 Å². The predicted octanol–water partition coefficient (Wildman–Crippen LogP) is 2.86. The van der Waals surface area contributed by atoms with Gasteiger partial charge in [-0.25, -0.2) is 0 Å². The summed E-state index contributed by atoms with van der Waals surface area (Å²) in [5.74, 6) is 0.232. The minimum Gasteiger partial charge on any atom is -0.341 e. The van der Waals surface area contributed by atoms with Crippen LogP contribution in [0.2, 0.25) is 5.02 Å². The lowest BCUT2D eigenvalue weighted by Gasteiger charge is -2.20. The van der Waals surface area contributed by atoms with Gasteiger partial charge in [0.2, 0.25) is 5.91 Å². The third-order valence-electron chi connectivity index (χ3n) is 3.31. The molecule has 104 valence electrons. The van der Waals surface area contributed by atoms with Crippen LogP contribution in [-0.2, 0) is 11.2 Å². The van der Waals surface area contributed by atoms with Gasteiger partial charge < -0.3 is 10.2 Å². The quantitative estimate of drug-likeness (QED) is 0.913. The summed E-state index contributed by atoms with van der Waals surface area (Å²) in [5.41, 5.74) is 1.09. The summed E-state index contributed by atoms with van der Waals surface area (Å²) in [6.07, 6.45) is 2.30. The summed E-state index contributed by atoms with van der Waals surface area (Å²) >= 11 is 9.47. The van der Waals surface area contributed by atoms with Gasteiger partial charge in [0.25, 0.3) is 0 Å². The summed E-state index contributed by atoms with van der Waals surface area (Å²) in [4.78, 5) is 14.1. The smallest absolute Gasteiger partial charge is 0.222 e. The second-order valence-electron chi connectivity index (χ2n) is 4.72. The van der Waals surface area contributed by atoms with E-state index < -0.39 is 0 Å². The molecule has 1 fully saturated rings. The summed E-state index contributed by atoms with van der Waals surface area (Å²) in [6.45, 7) is 3.58. The van der Waals surface area contributed by atoms with Crippen molar-refractivity contribution in [3.63, 3.8) is 0 Å². The van der Waals surface area contributed by atoms with E-state index in [4.69, 9.17) is 11.6 Å². The van der Waals surface area contributed by atoms with Crippen LogP contribution in [0.3, 0.4) is 0 Å². The number of carbonyl (C=O) groups is 1. The number of benzene rings is 1. The Morgan fingerprint density at radius 2 is 2.21 bits per heavy atom. The Bertz CT molecular complexity index is 445. The molecule has 1 saturated heterocycles. The molecule has 1 amide bonds. The van der Waals surface area contributed by atoms with Gasteiger partial charge >= 0.3 is 0 Å². The summed E-state index contributed by atoms with van der Waals surface area (Å²) in [5, 5.41) is 4.02. The van der Waals surface area contributed by atoms with Crippen molar-refractivity contribution >= 4 is 33.4 Å². The molecule has 1 heterocycles. The lowest BCUT2D eigenvalue weighted by molar-refractivity contribution is -0.130. The maximum Gasteiger partial charge on any atom is 0.222 e. The maximum absolute atomic E-state index is 12.2. The first-order valence-corrected chi connectivity index (χ1v) is 7.76. The highest BCUT2D eigenvalue weighted by Crippen LogP contribution is 2.22. The van der Waals surface area contributed by atoms with E-state index in [0.717, 1.165) is 49.1 Å². The van der Waals surface area contributed by atoms with E-state index in [9.17, 15) is 4.79 Å². The molecule has 0 aliphatic carbocycles. The molecular formula is C14H18BrClN2O. The van der Waals surface area contributed by atoms with Gasteiger partial charge in [-0.1, -0.05) is 27.5 Å². The molecule has 5 heteroatoms.